The Morgan fingerprint density at radius 3 is 2.72 bits per heavy atom. The molecule has 1 aliphatic heterocycles. The molecule has 2 heterocycles. The Labute approximate surface area is 121 Å². The van der Waals surface area contributed by atoms with Crippen LogP contribution < -0.4 is 5.73 Å². The first-order valence-electron chi connectivity index (χ1n) is 5.80. The summed E-state index contributed by atoms with van der Waals surface area (Å²) in [7, 11) is 0. The molecule has 3 nitrogen and oxygen atoms in total. The van der Waals surface area contributed by atoms with Crippen LogP contribution in [0.15, 0.2) is 34.9 Å². The first-order valence-corrected chi connectivity index (χ1v) is 6.59. The second-order valence-electron chi connectivity index (χ2n) is 4.48. The summed E-state index contributed by atoms with van der Waals surface area (Å²) >= 11 is 3.45. The van der Waals surface area contributed by atoms with E-state index in [1.807, 2.05) is 18.3 Å². The molecule has 1 atom stereocenters. The highest BCUT2D eigenvalue weighted by Gasteiger charge is 2.19. The maximum Gasteiger partial charge on any atom is 0.140 e. The van der Waals surface area contributed by atoms with E-state index in [2.05, 4.69) is 37.6 Å². The van der Waals surface area contributed by atoms with Crippen molar-refractivity contribution in [2.24, 2.45) is 5.73 Å². The largest absolute Gasteiger partial charge is 0.328 e. The lowest BCUT2D eigenvalue weighted by Gasteiger charge is -2.21. The summed E-state index contributed by atoms with van der Waals surface area (Å²) in [6, 6.07) is 8.57. The van der Waals surface area contributed by atoms with Gasteiger partial charge < -0.3 is 10.3 Å². The summed E-state index contributed by atoms with van der Waals surface area (Å²) in [6.07, 6.45) is 3.92. The molecule has 0 aliphatic carbocycles. The third-order valence-electron chi connectivity index (χ3n) is 3.24. The average Bonchev–Trinajstić information content (AvgIpc) is 2.73. The number of fused-ring (bicyclic) bond motifs is 1. The number of hydrogen-bond acceptors (Lipinski definition) is 2. The monoisotopic (exact) mass is 327 g/mol. The second kappa shape index (κ2) is 5.43. The van der Waals surface area contributed by atoms with E-state index >= 15 is 0 Å². The van der Waals surface area contributed by atoms with Crippen molar-refractivity contribution in [3.05, 3.63) is 40.6 Å². The van der Waals surface area contributed by atoms with Crippen LogP contribution in [-0.2, 0) is 13.0 Å². The molecule has 96 valence electrons. The summed E-state index contributed by atoms with van der Waals surface area (Å²) in [5.74, 6) is 1.06. The van der Waals surface area contributed by atoms with Crippen molar-refractivity contribution < 1.29 is 0 Å². The molecular weight excluding hydrogens is 314 g/mol. The first-order chi connectivity index (χ1) is 8.24. The molecule has 18 heavy (non-hydrogen) atoms. The highest BCUT2D eigenvalue weighted by atomic mass is 79.9. The Hall–Kier alpha value is -0.840. The van der Waals surface area contributed by atoms with E-state index in [0.717, 1.165) is 35.2 Å². The van der Waals surface area contributed by atoms with Gasteiger partial charge in [0.15, 0.2) is 0 Å². The second-order valence-corrected chi connectivity index (χ2v) is 5.40. The fraction of sp³-hybridized carbons (Fsp3) is 0.308. The Morgan fingerprint density at radius 1 is 1.28 bits per heavy atom. The molecule has 5 heteroatoms. The third-order valence-corrected chi connectivity index (χ3v) is 3.76. The Bertz CT molecular complexity index is 536. The van der Waals surface area contributed by atoms with Gasteiger partial charge in [-0.15, -0.1) is 12.4 Å². The maximum atomic E-state index is 5.97. The third kappa shape index (κ3) is 2.46. The number of aromatic nitrogens is 2. The van der Waals surface area contributed by atoms with Crippen LogP contribution in [0.5, 0.6) is 0 Å². The smallest absolute Gasteiger partial charge is 0.140 e. The maximum absolute atomic E-state index is 5.97. The summed E-state index contributed by atoms with van der Waals surface area (Å²) < 4.78 is 3.38. The van der Waals surface area contributed by atoms with E-state index < -0.39 is 0 Å². The van der Waals surface area contributed by atoms with Crippen LogP contribution in [0.1, 0.15) is 12.1 Å². The molecular formula is C13H15BrClN3. The van der Waals surface area contributed by atoms with Crippen molar-refractivity contribution in [3.63, 3.8) is 0 Å². The fourth-order valence-corrected chi connectivity index (χ4v) is 2.58. The molecule has 0 fully saturated rings. The van der Waals surface area contributed by atoms with Gasteiger partial charge in [0.05, 0.1) is 0 Å². The number of imidazole rings is 1. The lowest BCUT2D eigenvalue weighted by atomic mass is 10.1. The zero-order chi connectivity index (χ0) is 11.8. The molecule has 2 aromatic rings. The standard InChI is InChI=1S/C13H14BrN3.ClH/c14-10-3-1-9(2-4-10)13-16-8-12-7-11(15)5-6-17(12)13;/h1-4,8,11H,5-7,15H2;1H. The quantitative estimate of drug-likeness (QED) is 0.874. The van der Waals surface area contributed by atoms with Crippen molar-refractivity contribution in [2.75, 3.05) is 0 Å². The predicted molar refractivity (Wildman–Crippen MR) is 78.9 cm³/mol. The van der Waals surface area contributed by atoms with Crippen molar-refractivity contribution in [1.29, 1.82) is 0 Å². The van der Waals surface area contributed by atoms with Crippen molar-refractivity contribution in [1.82, 2.24) is 9.55 Å². The van der Waals surface area contributed by atoms with Gasteiger partial charge in [-0.05, 0) is 18.6 Å². The normalized spacial score (nSPS) is 18.0. The minimum Gasteiger partial charge on any atom is -0.328 e. The van der Waals surface area contributed by atoms with Crippen LogP contribution in [0.4, 0.5) is 0 Å². The topological polar surface area (TPSA) is 43.8 Å². The zero-order valence-corrected chi connectivity index (χ0v) is 12.2. The summed E-state index contributed by atoms with van der Waals surface area (Å²) in [4.78, 5) is 4.52. The predicted octanol–water partition coefficient (Wildman–Crippen LogP) is 3.01. The fourth-order valence-electron chi connectivity index (χ4n) is 2.32. The first kappa shape index (κ1) is 13.6. The van der Waals surface area contributed by atoms with Crippen LogP contribution >= 0.6 is 28.3 Å². The van der Waals surface area contributed by atoms with Gasteiger partial charge in [0.1, 0.15) is 5.82 Å². The lowest BCUT2D eigenvalue weighted by molar-refractivity contribution is 0.474. The number of benzene rings is 1. The van der Waals surface area contributed by atoms with Crippen LogP contribution in [-0.4, -0.2) is 15.6 Å². The molecule has 0 spiro atoms. The van der Waals surface area contributed by atoms with E-state index in [0.29, 0.717) is 0 Å². The Balaban J connectivity index is 0.00000120. The van der Waals surface area contributed by atoms with Gasteiger partial charge in [-0.3, -0.25) is 0 Å². The molecule has 2 N–H and O–H groups in total. The van der Waals surface area contributed by atoms with Gasteiger partial charge in [-0.2, -0.15) is 0 Å². The van der Waals surface area contributed by atoms with Crippen molar-refractivity contribution in [3.8, 4) is 11.4 Å². The number of nitrogens with zero attached hydrogens (tertiary/aromatic N) is 2. The van der Waals surface area contributed by atoms with Gasteiger partial charge in [0.25, 0.3) is 0 Å². The van der Waals surface area contributed by atoms with E-state index in [9.17, 15) is 0 Å². The highest BCUT2D eigenvalue weighted by Crippen LogP contribution is 2.25. The molecule has 1 unspecified atom stereocenters. The van der Waals surface area contributed by atoms with Gasteiger partial charge in [-0.25, -0.2) is 4.98 Å². The molecule has 0 saturated heterocycles. The van der Waals surface area contributed by atoms with Crippen LogP contribution in [0.3, 0.4) is 0 Å². The SMILES string of the molecule is Cl.NC1CCn2c(cnc2-c2ccc(Br)cc2)C1. The number of nitrogens with two attached hydrogens (primary N) is 1. The molecule has 0 radical (unpaired) electrons. The summed E-state index contributed by atoms with van der Waals surface area (Å²) in [6.45, 7) is 0.974. The summed E-state index contributed by atoms with van der Waals surface area (Å²) in [5, 5.41) is 0. The van der Waals surface area contributed by atoms with Gasteiger partial charge in [0.2, 0.25) is 0 Å². The molecule has 0 amide bonds. The van der Waals surface area contributed by atoms with Gasteiger partial charge >= 0.3 is 0 Å². The van der Waals surface area contributed by atoms with E-state index in [1.165, 1.54) is 5.69 Å². The molecule has 3 rings (SSSR count). The Morgan fingerprint density at radius 2 is 2.00 bits per heavy atom. The van der Waals surface area contributed by atoms with Crippen molar-refractivity contribution >= 4 is 28.3 Å². The van der Waals surface area contributed by atoms with Crippen molar-refractivity contribution in [2.45, 2.75) is 25.4 Å². The number of halogens is 2. The van der Waals surface area contributed by atoms with Gasteiger partial charge in [-0.1, -0.05) is 28.1 Å². The van der Waals surface area contributed by atoms with Crippen LogP contribution in [0.2, 0.25) is 0 Å². The van der Waals surface area contributed by atoms with Crippen LogP contribution in [0.25, 0.3) is 11.4 Å². The van der Waals surface area contributed by atoms with Gasteiger partial charge in [0, 0.05) is 40.9 Å². The average molecular weight is 329 g/mol. The zero-order valence-electron chi connectivity index (χ0n) is 9.84. The number of rotatable bonds is 1. The molecule has 1 aliphatic rings. The molecule has 0 bridgehead atoms. The van der Waals surface area contributed by atoms with E-state index in [-0.39, 0.29) is 18.4 Å². The number of hydrogen-bond donors (Lipinski definition) is 1. The van der Waals surface area contributed by atoms with E-state index in [4.69, 9.17) is 5.73 Å². The molecule has 0 saturated carbocycles. The van der Waals surface area contributed by atoms with Crippen LogP contribution in [0, 0.1) is 0 Å². The van der Waals surface area contributed by atoms with E-state index in [1.54, 1.807) is 0 Å². The molecule has 1 aromatic heterocycles. The Kier molecular flexibility index (Phi) is 4.10. The summed E-state index contributed by atoms with van der Waals surface area (Å²) in [5.41, 5.74) is 8.38. The minimum absolute atomic E-state index is 0. The molecule has 1 aromatic carbocycles. The highest BCUT2D eigenvalue weighted by molar-refractivity contribution is 9.10. The minimum atomic E-state index is 0. The lowest BCUT2D eigenvalue weighted by Crippen LogP contribution is -2.30.